The molecule has 0 bridgehead atoms. The van der Waals surface area contributed by atoms with Crippen LogP contribution in [0.3, 0.4) is 0 Å². The zero-order valence-corrected chi connectivity index (χ0v) is 14.9. The van der Waals surface area contributed by atoms with E-state index in [1.54, 1.807) is 18.2 Å². The minimum atomic E-state index is -0.376. The molecule has 3 N–H and O–H groups in total. The lowest BCUT2D eigenvalue weighted by atomic mass is 9.92. The number of aliphatic hydroxyl groups is 1. The van der Waals surface area contributed by atoms with Gasteiger partial charge in [-0.3, -0.25) is 0 Å². The highest BCUT2D eigenvalue weighted by molar-refractivity contribution is 6.00. The highest BCUT2D eigenvalue weighted by Crippen LogP contribution is 2.35. The number of anilines is 1. The van der Waals surface area contributed by atoms with Gasteiger partial charge in [-0.05, 0) is 31.0 Å². The summed E-state index contributed by atoms with van der Waals surface area (Å²) in [5.74, 6) is 3.24. The first kappa shape index (κ1) is 17.3. The zero-order valence-electron chi connectivity index (χ0n) is 14.9. The van der Waals surface area contributed by atoms with E-state index in [4.69, 9.17) is 6.42 Å². The van der Waals surface area contributed by atoms with Crippen LogP contribution in [0.4, 0.5) is 5.82 Å². The number of aliphatic hydroxyl groups excluding tert-OH is 1. The van der Waals surface area contributed by atoms with E-state index < -0.39 is 0 Å². The van der Waals surface area contributed by atoms with Crippen molar-refractivity contribution in [1.82, 2.24) is 10.2 Å². The molecular weight excluding hydrogens is 338 g/mol. The Kier molecular flexibility index (Phi) is 4.66. The van der Waals surface area contributed by atoms with E-state index in [-0.39, 0.29) is 17.9 Å². The van der Waals surface area contributed by atoms with Crippen molar-refractivity contribution in [3.05, 3.63) is 48.0 Å². The molecule has 1 heterocycles. The fourth-order valence-electron chi connectivity index (χ4n) is 3.69. The summed E-state index contributed by atoms with van der Waals surface area (Å²) in [6, 6.07) is 12.9. The van der Waals surface area contributed by atoms with Crippen molar-refractivity contribution in [2.45, 2.75) is 37.8 Å². The van der Waals surface area contributed by atoms with E-state index in [1.807, 2.05) is 24.3 Å². The first-order valence-electron chi connectivity index (χ1n) is 9.17. The highest BCUT2D eigenvalue weighted by atomic mass is 16.3. The Hall–Kier alpha value is -3.10. The highest BCUT2D eigenvalue weighted by Gasteiger charge is 2.24. The summed E-state index contributed by atoms with van der Waals surface area (Å²) in [6.07, 6.45) is 8.88. The van der Waals surface area contributed by atoms with Crippen molar-refractivity contribution in [1.29, 1.82) is 0 Å². The Morgan fingerprint density at radius 1 is 1.04 bits per heavy atom. The third kappa shape index (κ3) is 3.32. The second kappa shape index (κ2) is 7.26. The Bertz CT molecular complexity index is 1030. The fourth-order valence-corrected chi connectivity index (χ4v) is 3.69. The second-order valence-corrected chi connectivity index (χ2v) is 6.92. The van der Waals surface area contributed by atoms with E-state index in [0.717, 1.165) is 36.5 Å². The molecule has 2 aromatic carbocycles. The molecule has 2 atom stereocenters. The number of phenols is 1. The molecule has 1 aliphatic carbocycles. The van der Waals surface area contributed by atoms with Crippen LogP contribution < -0.4 is 5.32 Å². The smallest absolute Gasteiger partial charge is 0.156 e. The average molecular weight is 359 g/mol. The van der Waals surface area contributed by atoms with Gasteiger partial charge in [0.1, 0.15) is 11.4 Å². The minimum absolute atomic E-state index is 0.0226. The van der Waals surface area contributed by atoms with E-state index >= 15 is 0 Å². The molecule has 136 valence electrons. The van der Waals surface area contributed by atoms with Gasteiger partial charge in [0.15, 0.2) is 5.82 Å². The maximum atomic E-state index is 10.4. The maximum absolute atomic E-state index is 10.4. The number of fused-ring (bicyclic) bond motifs is 1. The summed E-state index contributed by atoms with van der Waals surface area (Å²) >= 11 is 0. The molecule has 4 rings (SSSR count). The number of terminal acetylenes is 1. The second-order valence-electron chi connectivity index (χ2n) is 6.92. The van der Waals surface area contributed by atoms with Gasteiger partial charge in [0.2, 0.25) is 0 Å². The first-order chi connectivity index (χ1) is 13.2. The number of rotatable bonds is 3. The lowest BCUT2D eigenvalue weighted by Crippen LogP contribution is -2.36. The molecule has 1 fully saturated rings. The van der Waals surface area contributed by atoms with Gasteiger partial charge in [-0.15, -0.1) is 16.6 Å². The van der Waals surface area contributed by atoms with Crippen LogP contribution in [0.2, 0.25) is 0 Å². The number of aromatic nitrogens is 2. The third-order valence-corrected chi connectivity index (χ3v) is 5.16. The number of nitrogens with zero attached hydrogens (tertiary/aromatic N) is 2. The summed E-state index contributed by atoms with van der Waals surface area (Å²) in [4.78, 5) is 0. The molecule has 0 amide bonds. The lowest BCUT2D eigenvalue weighted by molar-refractivity contribution is 0.116. The van der Waals surface area contributed by atoms with Gasteiger partial charge in [0, 0.05) is 21.9 Å². The van der Waals surface area contributed by atoms with Crippen LogP contribution in [0, 0.1) is 12.3 Å². The number of hydrogen-bond acceptors (Lipinski definition) is 5. The van der Waals surface area contributed by atoms with Crippen molar-refractivity contribution in [2.24, 2.45) is 0 Å². The molecule has 5 heteroatoms. The summed E-state index contributed by atoms with van der Waals surface area (Å²) in [6.45, 7) is 0. The summed E-state index contributed by atoms with van der Waals surface area (Å²) in [5.41, 5.74) is 1.79. The SMILES string of the molecule is C#Cc1ccc(-c2nnc(N[C@H]3CCCC[C@@H]3O)c3ccccc23)c(O)c1. The van der Waals surface area contributed by atoms with Gasteiger partial charge in [-0.2, -0.15) is 0 Å². The molecule has 1 aromatic heterocycles. The standard InChI is InChI=1S/C22H21N3O2/c1-2-14-11-12-17(20(27)13-14)21-15-7-3-4-8-16(15)22(25-24-21)23-18-9-5-6-10-19(18)26/h1,3-4,7-8,11-13,18-19,26-27H,5-6,9-10H2,(H,23,25)/t18-,19-/m0/s1. The Balaban J connectivity index is 1.78. The van der Waals surface area contributed by atoms with E-state index in [9.17, 15) is 10.2 Å². The zero-order chi connectivity index (χ0) is 18.8. The Morgan fingerprint density at radius 2 is 1.81 bits per heavy atom. The molecule has 1 saturated carbocycles. The van der Waals surface area contributed by atoms with Crippen molar-refractivity contribution in [2.75, 3.05) is 5.32 Å². The topological polar surface area (TPSA) is 78.3 Å². The van der Waals surface area contributed by atoms with Crippen LogP contribution in [-0.2, 0) is 0 Å². The van der Waals surface area contributed by atoms with Crippen molar-refractivity contribution >= 4 is 16.6 Å². The van der Waals surface area contributed by atoms with E-state index in [0.29, 0.717) is 22.6 Å². The molecule has 1 aliphatic rings. The molecule has 3 aromatic rings. The third-order valence-electron chi connectivity index (χ3n) is 5.16. The van der Waals surface area contributed by atoms with Gasteiger partial charge in [-0.25, -0.2) is 0 Å². The average Bonchev–Trinajstić information content (AvgIpc) is 2.70. The molecule has 5 nitrogen and oxygen atoms in total. The Morgan fingerprint density at radius 3 is 2.56 bits per heavy atom. The molecular formula is C22H21N3O2. The fraction of sp³-hybridized carbons (Fsp3) is 0.273. The first-order valence-corrected chi connectivity index (χ1v) is 9.17. The summed E-state index contributed by atoms with van der Waals surface area (Å²) < 4.78 is 0. The number of nitrogens with one attached hydrogen (secondary N) is 1. The lowest BCUT2D eigenvalue weighted by Gasteiger charge is -2.29. The molecule has 27 heavy (non-hydrogen) atoms. The largest absolute Gasteiger partial charge is 0.507 e. The summed E-state index contributed by atoms with van der Waals surface area (Å²) in [5, 5.41) is 34.6. The van der Waals surface area contributed by atoms with Gasteiger partial charge in [-0.1, -0.05) is 43.0 Å². The van der Waals surface area contributed by atoms with Gasteiger partial charge in [0.25, 0.3) is 0 Å². The van der Waals surface area contributed by atoms with Crippen molar-refractivity contribution in [3.8, 4) is 29.4 Å². The maximum Gasteiger partial charge on any atom is 0.156 e. The van der Waals surface area contributed by atoms with Crippen molar-refractivity contribution in [3.63, 3.8) is 0 Å². The molecule has 0 unspecified atom stereocenters. The predicted molar refractivity (Wildman–Crippen MR) is 106 cm³/mol. The quantitative estimate of drug-likeness (QED) is 0.622. The van der Waals surface area contributed by atoms with Gasteiger partial charge in [0.05, 0.1) is 12.1 Å². The molecule has 0 saturated heterocycles. The molecule has 0 spiro atoms. The number of aromatic hydroxyl groups is 1. The monoisotopic (exact) mass is 359 g/mol. The number of phenolic OH excluding ortho intramolecular Hbond substituents is 1. The normalized spacial score (nSPS) is 19.6. The van der Waals surface area contributed by atoms with Crippen LogP contribution in [0.1, 0.15) is 31.2 Å². The van der Waals surface area contributed by atoms with Crippen molar-refractivity contribution < 1.29 is 10.2 Å². The van der Waals surface area contributed by atoms with Gasteiger partial charge >= 0.3 is 0 Å². The van der Waals surface area contributed by atoms with Crippen LogP contribution >= 0.6 is 0 Å². The van der Waals surface area contributed by atoms with E-state index in [2.05, 4.69) is 21.4 Å². The van der Waals surface area contributed by atoms with Crippen LogP contribution in [-0.4, -0.2) is 32.6 Å². The minimum Gasteiger partial charge on any atom is -0.507 e. The predicted octanol–water partition coefficient (Wildman–Crippen LogP) is 3.70. The number of hydrogen-bond donors (Lipinski definition) is 3. The van der Waals surface area contributed by atoms with Crippen LogP contribution in [0.25, 0.3) is 22.0 Å². The molecule has 0 aliphatic heterocycles. The summed E-state index contributed by atoms with van der Waals surface area (Å²) in [7, 11) is 0. The number of benzene rings is 2. The van der Waals surface area contributed by atoms with E-state index in [1.165, 1.54) is 0 Å². The Labute approximate surface area is 158 Å². The van der Waals surface area contributed by atoms with Crippen LogP contribution in [0.5, 0.6) is 5.75 Å². The van der Waals surface area contributed by atoms with Gasteiger partial charge < -0.3 is 15.5 Å². The molecule has 0 radical (unpaired) electrons. The van der Waals surface area contributed by atoms with Crippen LogP contribution in [0.15, 0.2) is 42.5 Å².